The predicted molar refractivity (Wildman–Crippen MR) is 148 cm³/mol. The van der Waals surface area contributed by atoms with Gasteiger partial charge in [-0.2, -0.15) is 13.2 Å². The molecule has 208 valence electrons. The van der Waals surface area contributed by atoms with Crippen LogP contribution in [0.1, 0.15) is 56.4 Å². The fourth-order valence-electron chi connectivity index (χ4n) is 4.84. The van der Waals surface area contributed by atoms with Crippen LogP contribution < -0.4 is 5.32 Å². The van der Waals surface area contributed by atoms with Crippen LogP contribution in [-0.2, 0) is 21.3 Å². The molecule has 2 N–H and O–H groups in total. The fraction of sp³-hybridized carbons (Fsp3) is 0.387. The molecule has 8 heteroatoms. The molecule has 0 saturated heterocycles. The number of nitrogens with zero attached hydrogens (tertiary/aromatic N) is 1. The minimum absolute atomic E-state index is 0.000957. The number of halogens is 3. The minimum Gasteiger partial charge on any atom is -0.384 e. The molecule has 1 unspecified atom stereocenters. The van der Waals surface area contributed by atoms with Gasteiger partial charge >= 0.3 is 6.18 Å². The number of amides is 1. The maximum atomic E-state index is 14.5. The van der Waals surface area contributed by atoms with E-state index >= 15 is 0 Å². The highest BCUT2D eigenvalue weighted by molar-refractivity contribution is 6.08. The minimum atomic E-state index is -4.78. The summed E-state index contributed by atoms with van der Waals surface area (Å²) in [5.74, 6) is 4.21. The summed E-state index contributed by atoms with van der Waals surface area (Å²) in [6.45, 7) is 10.0. The van der Waals surface area contributed by atoms with E-state index < -0.39 is 29.9 Å². The van der Waals surface area contributed by atoms with Gasteiger partial charge in [0.15, 0.2) is 5.60 Å². The summed E-state index contributed by atoms with van der Waals surface area (Å²) in [5, 5.41) is 13.3. The maximum Gasteiger partial charge on any atom is 0.416 e. The van der Waals surface area contributed by atoms with E-state index in [-0.39, 0.29) is 23.4 Å². The van der Waals surface area contributed by atoms with E-state index in [2.05, 4.69) is 22.1 Å². The molecule has 0 saturated carbocycles. The Morgan fingerprint density at radius 3 is 2.36 bits per heavy atom. The molecule has 4 rings (SSSR count). The number of carbonyl (C=O) groups excluding carboxylic acids is 1. The lowest BCUT2D eigenvalue weighted by Crippen LogP contribution is -2.40. The van der Waals surface area contributed by atoms with Crippen molar-refractivity contribution in [2.24, 2.45) is 0 Å². The van der Waals surface area contributed by atoms with Gasteiger partial charge < -0.3 is 20.1 Å². The summed E-state index contributed by atoms with van der Waals surface area (Å²) in [7, 11) is 0. The van der Waals surface area contributed by atoms with Gasteiger partial charge in [0, 0.05) is 23.4 Å². The zero-order valence-corrected chi connectivity index (χ0v) is 22.8. The normalized spacial score (nSPS) is 16.3. The Labute approximate surface area is 228 Å². The van der Waals surface area contributed by atoms with E-state index in [4.69, 9.17) is 9.84 Å². The molecule has 0 spiro atoms. The lowest BCUT2D eigenvalue weighted by Gasteiger charge is -2.31. The van der Waals surface area contributed by atoms with Crippen LogP contribution in [0, 0.1) is 11.8 Å². The average molecular weight is 541 g/mol. The van der Waals surface area contributed by atoms with Gasteiger partial charge in [-0.25, -0.2) is 0 Å². The third-order valence-corrected chi connectivity index (χ3v) is 6.66. The maximum absolute atomic E-state index is 14.5. The fourth-order valence-corrected chi connectivity index (χ4v) is 4.84. The first-order valence-electron chi connectivity index (χ1n) is 13.3. The molecule has 0 fully saturated rings. The predicted octanol–water partition coefficient (Wildman–Crippen LogP) is 6.17. The SMILES string of the molecule is CC.CCN(CC)CCCOC1(c2ccc3ccccc3c2)C(=O)Nc2cc(C#CCO)cc(C(F)(F)F)c21. The van der Waals surface area contributed by atoms with Crippen molar-refractivity contribution in [3.05, 3.63) is 76.9 Å². The monoisotopic (exact) mass is 540 g/mol. The van der Waals surface area contributed by atoms with Crippen LogP contribution in [0.5, 0.6) is 0 Å². The first-order valence-corrected chi connectivity index (χ1v) is 13.3. The number of hydrogen-bond acceptors (Lipinski definition) is 4. The molecule has 0 bridgehead atoms. The van der Waals surface area contributed by atoms with Crippen LogP contribution in [0.4, 0.5) is 18.9 Å². The summed E-state index contributed by atoms with van der Waals surface area (Å²) in [5.41, 5.74) is -2.89. The highest BCUT2D eigenvalue weighted by Crippen LogP contribution is 2.50. The van der Waals surface area contributed by atoms with Crippen molar-refractivity contribution >= 4 is 22.4 Å². The highest BCUT2D eigenvalue weighted by atomic mass is 19.4. The van der Waals surface area contributed by atoms with Crippen molar-refractivity contribution < 1.29 is 27.8 Å². The second-order valence-corrected chi connectivity index (χ2v) is 8.83. The number of rotatable bonds is 8. The molecule has 3 aromatic rings. The second-order valence-electron chi connectivity index (χ2n) is 8.83. The molecule has 1 aliphatic rings. The molecule has 1 aliphatic heterocycles. The van der Waals surface area contributed by atoms with Crippen molar-refractivity contribution in [2.75, 3.05) is 38.2 Å². The molecule has 0 aromatic heterocycles. The van der Waals surface area contributed by atoms with Crippen molar-refractivity contribution in [2.45, 2.75) is 45.9 Å². The topological polar surface area (TPSA) is 61.8 Å². The third-order valence-electron chi connectivity index (χ3n) is 6.66. The number of benzene rings is 3. The van der Waals surface area contributed by atoms with Gasteiger partial charge in [-0.05, 0) is 54.0 Å². The molecule has 39 heavy (non-hydrogen) atoms. The van der Waals surface area contributed by atoms with Gasteiger partial charge in [0.2, 0.25) is 0 Å². The van der Waals surface area contributed by atoms with Crippen LogP contribution in [0.3, 0.4) is 0 Å². The lowest BCUT2D eigenvalue weighted by atomic mass is 9.82. The summed E-state index contributed by atoms with van der Waals surface area (Å²) in [6, 6.07) is 14.9. The molecular formula is C31H35F3N2O3. The van der Waals surface area contributed by atoms with E-state index in [1.807, 2.05) is 52.0 Å². The van der Waals surface area contributed by atoms with Crippen LogP contribution in [0.25, 0.3) is 10.8 Å². The van der Waals surface area contributed by atoms with Gasteiger partial charge in [0.25, 0.3) is 5.91 Å². The number of carbonyl (C=O) groups is 1. The van der Waals surface area contributed by atoms with Crippen LogP contribution in [0.15, 0.2) is 54.6 Å². The van der Waals surface area contributed by atoms with E-state index in [0.717, 1.165) is 29.9 Å². The van der Waals surface area contributed by atoms with Gasteiger partial charge in [-0.3, -0.25) is 4.79 Å². The molecule has 5 nitrogen and oxygen atoms in total. The number of aliphatic hydroxyl groups is 1. The van der Waals surface area contributed by atoms with E-state index in [1.54, 1.807) is 18.2 Å². The molecule has 1 heterocycles. The summed E-state index contributed by atoms with van der Waals surface area (Å²) < 4.78 is 49.7. The lowest BCUT2D eigenvalue weighted by molar-refractivity contribution is -0.144. The van der Waals surface area contributed by atoms with Crippen LogP contribution >= 0.6 is 0 Å². The first kappa shape index (κ1) is 30.2. The van der Waals surface area contributed by atoms with Gasteiger partial charge in [0.05, 0.1) is 12.2 Å². The smallest absolute Gasteiger partial charge is 0.384 e. The number of fused-ring (bicyclic) bond motifs is 2. The Hall–Kier alpha value is -3.38. The summed E-state index contributed by atoms with van der Waals surface area (Å²) in [6.07, 6.45) is -4.24. The van der Waals surface area contributed by atoms with Crippen molar-refractivity contribution in [1.82, 2.24) is 4.90 Å². The Morgan fingerprint density at radius 1 is 1.03 bits per heavy atom. The molecule has 3 aromatic carbocycles. The number of alkyl halides is 3. The molecular weight excluding hydrogens is 505 g/mol. The van der Waals surface area contributed by atoms with Crippen molar-refractivity contribution in [1.29, 1.82) is 0 Å². The number of anilines is 1. The zero-order valence-electron chi connectivity index (χ0n) is 22.8. The van der Waals surface area contributed by atoms with Gasteiger partial charge in [0.1, 0.15) is 6.61 Å². The van der Waals surface area contributed by atoms with E-state index in [9.17, 15) is 18.0 Å². The van der Waals surface area contributed by atoms with E-state index in [0.29, 0.717) is 18.5 Å². The van der Waals surface area contributed by atoms with Crippen molar-refractivity contribution in [3.8, 4) is 11.8 Å². The van der Waals surface area contributed by atoms with Crippen LogP contribution in [-0.4, -0.2) is 48.8 Å². The Bertz CT molecular complexity index is 1360. The summed E-state index contributed by atoms with van der Waals surface area (Å²) in [4.78, 5) is 15.8. The second kappa shape index (κ2) is 13.1. The van der Waals surface area contributed by atoms with Crippen LogP contribution in [0.2, 0.25) is 0 Å². The average Bonchev–Trinajstić information content (AvgIpc) is 3.23. The molecule has 0 radical (unpaired) electrons. The number of nitrogens with one attached hydrogen (secondary N) is 1. The molecule has 1 amide bonds. The van der Waals surface area contributed by atoms with E-state index in [1.165, 1.54) is 6.07 Å². The molecule has 0 aliphatic carbocycles. The Balaban J connectivity index is 0.00000205. The van der Waals surface area contributed by atoms with Gasteiger partial charge in [-0.1, -0.05) is 75.9 Å². The quantitative estimate of drug-likeness (QED) is 0.265. The van der Waals surface area contributed by atoms with Gasteiger partial charge in [-0.15, -0.1) is 0 Å². The number of aliphatic hydroxyl groups excluding tert-OH is 1. The molecule has 1 atom stereocenters. The number of ether oxygens (including phenoxy) is 1. The third kappa shape index (κ3) is 6.27. The Morgan fingerprint density at radius 2 is 1.72 bits per heavy atom. The summed E-state index contributed by atoms with van der Waals surface area (Å²) >= 11 is 0. The standard InChI is InChI=1S/C29H29F3N2O3.C2H6/c1-3-34(4-2)14-8-16-37-28(23-13-12-21-10-5-6-11-22(21)19-23)26-24(29(30,31)32)17-20(9-7-15-35)18-25(26)33-27(28)36;1-2/h5-6,10-13,17-19,35H,3-4,8,14-16H2,1-2H3,(H,33,36);1-2H3. The zero-order chi connectivity index (χ0) is 28.6. The Kier molecular flexibility index (Phi) is 10.1. The largest absolute Gasteiger partial charge is 0.416 e. The highest BCUT2D eigenvalue weighted by Gasteiger charge is 2.54. The number of hydrogen-bond donors (Lipinski definition) is 2. The first-order chi connectivity index (χ1) is 18.7. The van der Waals surface area contributed by atoms with Crippen molar-refractivity contribution in [3.63, 3.8) is 0 Å².